The molecule has 1 N–H and O–H groups in total. The largest absolute Gasteiger partial charge is 0.352 e. The van der Waals surface area contributed by atoms with E-state index in [0.29, 0.717) is 22.2 Å². The second-order valence-electron chi connectivity index (χ2n) is 3.99. The van der Waals surface area contributed by atoms with Crippen molar-refractivity contribution in [2.24, 2.45) is 0 Å². The number of nitrogens with one attached hydrogen (secondary N) is 1. The van der Waals surface area contributed by atoms with Gasteiger partial charge in [0.15, 0.2) is 0 Å². The van der Waals surface area contributed by atoms with Crippen LogP contribution in [0.15, 0.2) is 42.7 Å². The normalized spacial score (nSPS) is 10.2. The zero-order valence-electron chi connectivity index (χ0n) is 10.1. The lowest BCUT2D eigenvalue weighted by Crippen LogP contribution is -2.26. The van der Waals surface area contributed by atoms with Gasteiger partial charge >= 0.3 is 0 Å². The highest BCUT2D eigenvalue weighted by atomic mass is 35.5. The highest BCUT2D eigenvalue weighted by Crippen LogP contribution is 2.13. The summed E-state index contributed by atoms with van der Waals surface area (Å²) in [6.07, 6.45) is 3.74. The van der Waals surface area contributed by atoms with E-state index >= 15 is 0 Å². The van der Waals surface area contributed by atoms with Gasteiger partial charge in [-0.1, -0.05) is 35.3 Å². The van der Waals surface area contributed by atoms with Crippen LogP contribution in [0.5, 0.6) is 0 Å². The lowest BCUT2D eigenvalue weighted by Gasteiger charge is -2.06. The first kappa shape index (κ1) is 13.8. The van der Waals surface area contributed by atoms with Crippen LogP contribution in [0.1, 0.15) is 15.9 Å². The Bertz CT molecular complexity index is 570. The first-order valence-electron chi connectivity index (χ1n) is 5.79. The van der Waals surface area contributed by atoms with E-state index in [4.69, 9.17) is 23.2 Å². The maximum absolute atomic E-state index is 11.9. The molecule has 0 saturated heterocycles. The molecule has 0 aliphatic rings. The molecule has 2 aromatic rings. The minimum atomic E-state index is -0.216. The van der Waals surface area contributed by atoms with Crippen LogP contribution in [-0.4, -0.2) is 17.4 Å². The molecule has 0 fully saturated rings. The molecule has 0 aliphatic heterocycles. The van der Waals surface area contributed by atoms with Gasteiger partial charge in [-0.2, -0.15) is 0 Å². The zero-order valence-corrected chi connectivity index (χ0v) is 11.6. The maximum Gasteiger partial charge on any atom is 0.254 e. The third-order valence-electron chi connectivity index (χ3n) is 2.62. The van der Waals surface area contributed by atoms with Crippen molar-refractivity contribution in [1.29, 1.82) is 0 Å². The number of hydrogen-bond donors (Lipinski definition) is 1. The van der Waals surface area contributed by atoms with E-state index in [1.54, 1.807) is 12.3 Å². The van der Waals surface area contributed by atoms with Crippen molar-refractivity contribution in [1.82, 2.24) is 10.3 Å². The Balaban J connectivity index is 1.88. The number of nitrogens with zero attached hydrogens (tertiary/aromatic N) is 1. The number of carbonyl (C=O) groups is 1. The Kier molecular flexibility index (Phi) is 4.77. The highest BCUT2D eigenvalue weighted by molar-refractivity contribution is 6.33. The molecule has 1 aromatic carbocycles. The second-order valence-corrected chi connectivity index (χ2v) is 4.83. The molecule has 5 heteroatoms. The van der Waals surface area contributed by atoms with Crippen molar-refractivity contribution in [2.75, 3.05) is 6.54 Å². The van der Waals surface area contributed by atoms with Crippen LogP contribution in [0.2, 0.25) is 10.0 Å². The summed E-state index contributed by atoms with van der Waals surface area (Å²) in [5, 5.41) is 3.91. The molecular formula is C14H12Cl2N2O. The van der Waals surface area contributed by atoms with E-state index in [9.17, 15) is 4.79 Å². The predicted octanol–water partition coefficient (Wildman–Crippen LogP) is 3.36. The van der Waals surface area contributed by atoms with Gasteiger partial charge in [0.2, 0.25) is 0 Å². The number of pyridine rings is 1. The van der Waals surface area contributed by atoms with Crippen molar-refractivity contribution in [3.05, 3.63) is 63.9 Å². The number of benzene rings is 1. The fourth-order valence-corrected chi connectivity index (χ4v) is 1.93. The van der Waals surface area contributed by atoms with Gasteiger partial charge in [0, 0.05) is 24.0 Å². The van der Waals surface area contributed by atoms with Gasteiger partial charge in [-0.15, -0.1) is 0 Å². The molecule has 0 atom stereocenters. The van der Waals surface area contributed by atoms with Gasteiger partial charge in [-0.3, -0.25) is 9.78 Å². The molecule has 19 heavy (non-hydrogen) atoms. The van der Waals surface area contributed by atoms with E-state index in [0.717, 1.165) is 12.0 Å². The molecule has 0 aliphatic carbocycles. The number of hydrogen-bond acceptors (Lipinski definition) is 2. The van der Waals surface area contributed by atoms with Gasteiger partial charge in [0.05, 0.1) is 10.6 Å². The number of carbonyl (C=O) groups excluding carboxylic acids is 1. The van der Waals surface area contributed by atoms with Crippen LogP contribution in [0, 0.1) is 0 Å². The van der Waals surface area contributed by atoms with Gasteiger partial charge in [-0.05, 0) is 30.2 Å². The average Bonchev–Trinajstić information content (AvgIpc) is 2.41. The lowest BCUT2D eigenvalue weighted by atomic mass is 10.1. The first-order valence-corrected chi connectivity index (χ1v) is 6.54. The number of halogens is 2. The van der Waals surface area contributed by atoms with E-state index in [-0.39, 0.29) is 5.91 Å². The molecule has 0 spiro atoms. The molecule has 0 unspecified atom stereocenters. The van der Waals surface area contributed by atoms with E-state index in [1.165, 1.54) is 6.20 Å². The molecule has 98 valence electrons. The molecule has 1 amide bonds. The number of amides is 1. The molecule has 0 radical (unpaired) electrons. The summed E-state index contributed by atoms with van der Waals surface area (Å²) >= 11 is 11.7. The predicted molar refractivity (Wildman–Crippen MR) is 76.7 cm³/mol. The van der Waals surface area contributed by atoms with E-state index < -0.39 is 0 Å². The molecular weight excluding hydrogens is 283 g/mol. The Morgan fingerprint density at radius 2 is 1.89 bits per heavy atom. The summed E-state index contributed by atoms with van der Waals surface area (Å²) in [5.74, 6) is -0.216. The number of aromatic nitrogens is 1. The Morgan fingerprint density at radius 1 is 1.16 bits per heavy atom. The highest BCUT2D eigenvalue weighted by Gasteiger charge is 2.09. The fourth-order valence-electron chi connectivity index (χ4n) is 1.61. The lowest BCUT2D eigenvalue weighted by molar-refractivity contribution is 0.0954. The van der Waals surface area contributed by atoms with Crippen molar-refractivity contribution < 1.29 is 4.79 Å². The van der Waals surface area contributed by atoms with Gasteiger partial charge in [0.25, 0.3) is 5.91 Å². The zero-order chi connectivity index (χ0) is 13.7. The third kappa shape index (κ3) is 3.94. The summed E-state index contributed by atoms with van der Waals surface area (Å²) in [7, 11) is 0. The van der Waals surface area contributed by atoms with E-state index in [2.05, 4.69) is 10.3 Å². The topological polar surface area (TPSA) is 42.0 Å². The first-order chi connectivity index (χ1) is 9.16. The molecule has 0 bridgehead atoms. The van der Waals surface area contributed by atoms with Gasteiger partial charge in [0.1, 0.15) is 0 Å². The van der Waals surface area contributed by atoms with Crippen LogP contribution >= 0.6 is 23.2 Å². The van der Waals surface area contributed by atoms with Crippen LogP contribution in [-0.2, 0) is 6.42 Å². The second kappa shape index (κ2) is 6.55. The Labute approximate surface area is 121 Å². The standard InChI is InChI=1S/C14H12Cl2N2O/c15-11-3-1-10(2-4-11)5-8-18-14(19)12-9-17-7-6-13(12)16/h1-4,6-7,9H,5,8H2,(H,18,19). The molecule has 3 nitrogen and oxygen atoms in total. The summed E-state index contributed by atoms with van der Waals surface area (Å²) in [6.45, 7) is 0.533. The summed E-state index contributed by atoms with van der Waals surface area (Å²) in [6, 6.07) is 9.13. The summed E-state index contributed by atoms with van der Waals surface area (Å²) < 4.78 is 0. The van der Waals surface area contributed by atoms with Crippen LogP contribution in [0.4, 0.5) is 0 Å². The van der Waals surface area contributed by atoms with Crippen molar-refractivity contribution in [2.45, 2.75) is 6.42 Å². The molecule has 2 rings (SSSR count). The monoisotopic (exact) mass is 294 g/mol. The van der Waals surface area contributed by atoms with Gasteiger partial charge in [-0.25, -0.2) is 0 Å². The van der Waals surface area contributed by atoms with Gasteiger partial charge < -0.3 is 5.32 Å². The average molecular weight is 295 g/mol. The molecule has 0 saturated carbocycles. The van der Waals surface area contributed by atoms with Crippen LogP contribution < -0.4 is 5.32 Å². The minimum absolute atomic E-state index is 0.216. The quantitative estimate of drug-likeness (QED) is 0.939. The van der Waals surface area contributed by atoms with E-state index in [1.807, 2.05) is 24.3 Å². The summed E-state index contributed by atoms with van der Waals surface area (Å²) in [5.41, 5.74) is 1.50. The number of rotatable bonds is 4. The third-order valence-corrected chi connectivity index (χ3v) is 3.21. The Morgan fingerprint density at radius 3 is 2.58 bits per heavy atom. The van der Waals surface area contributed by atoms with Crippen molar-refractivity contribution in [3.63, 3.8) is 0 Å². The van der Waals surface area contributed by atoms with Crippen LogP contribution in [0.25, 0.3) is 0 Å². The minimum Gasteiger partial charge on any atom is -0.352 e. The molecule has 1 aromatic heterocycles. The molecule has 1 heterocycles. The summed E-state index contributed by atoms with van der Waals surface area (Å²) in [4.78, 5) is 15.7. The van der Waals surface area contributed by atoms with Crippen LogP contribution in [0.3, 0.4) is 0 Å². The maximum atomic E-state index is 11.9. The fraction of sp³-hybridized carbons (Fsp3) is 0.143. The van der Waals surface area contributed by atoms with Crippen molar-refractivity contribution >= 4 is 29.1 Å². The smallest absolute Gasteiger partial charge is 0.254 e. The SMILES string of the molecule is O=C(NCCc1ccc(Cl)cc1)c1cnccc1Cl. The van der Waals surface area contributed by atoms with Crippen molar-refractivity contribution in [3.8, 4) is 0 Å². The Hall–Kier alpha value is -1.58.